The second kappa shape index (κ2) is 2.37. The van der Waals surface area contributed by atoms with Crippen LogP contribution < -0.4 is 0 Å². The Morgan fingerprint density at radius 1 is 1.78 bits per heavy atom. The Labute approximate surface area is 57.0 Å². The van der Waals surface area contributed by atoms with E-state index in [9.17, 15) is 0 Å². The van der Waals surface area contributed by atoms with Gasteiger partial charge in [0.15, 0.2) is 0 Å². The Kier molecular flexibility index (Phi) is 1.56. The van der Waals surface area contributed by atoms with Crippen LogP contribution in [-0.2, 0) is 0 Å². The van der Waals surface area contributed by atoms with Gasteiger partial charge < -0.3 is 4.98 Å². The van der Waals surface area contributed by atoms with Crippen LogP contribution in [0.2, 0.25) is 0 Å². The van der Waals surface area contributed by atoms with E-state index in [0.29, 0.717) is 10.3 Å². The van der Waals surface area contributed by atoms with Crippen molar-refractivity contribution in [3.8, 4) is 6.07 Å². The van der Waals surface area contributed by atoms with Crippen molar-refractivity contribution >= 4 is 12.2 Å². The van der Waals surface area contributed by atoms with E-state index in [1.54, 1.807) is 0 Å². The molecule has 1 aromatic rings. The molecule has 44 valence electrons. The van der Waals surface area contributed by atoms with Crippen molar-refractivity contribution in [1.29, 1.82) is 5.26 Å². The topological polar surface area (TPSA) is 52.5 Å². The number of rotatable bonds is 0. The molecule has 1 aromatic heterocycles. The Morgan fingerprint density at radius 2 is 2.56 bits per heavy atom. The number of nitriles is 1. The highest BCUT2D eigenvalue weighted by Crippen LogP contribution is 1.88. The second-order valence-corrected chi connectivity index (χ2v) is 1.83. The van der Waals surface area contributed by atoms with Gasteiger partial charge in [0.25, 0.3) is 0 Å². The van der Waals surface area contributed by atoms with Gasteiger partial charge >= 0.3 is 0 Å². The highest BCUT2D eigenvalue weighted by atomic mass is 32.1. The first kappa shape index (κ1) is 5.92. The quantitative estimate of drug-likeness (QED) is 0.543. The summed E-state index contributed by atoms with van der Waals surface area (Å²) in [5.74, 6) is 0. The molecule has 0 atom stereocenters. The van der Waals surface area contributed by atoms with E-state index in [1.165, 1.54) is 12.4 Å². The third-order valence-electron chi connectivity index (χ3n) is 0.800. The predicted octanol–water partition coefficient (Wildman–Crippen LogP) is 1.01. The summed E-state index contributed by atoms with van der Waals surface area (Å²) in [4.78, 5) is 6.32. The predicted molar refractivity (Wildman–Crippen MR) is 34.1 cm³/mol. The molecule has 3 nitrogen and oxygen atoms in total. The minimum absolute atomic E-state index is 0.435. The number of aromatic nitrogens is 2. The van der Waals surface area contributed by atoms with Crippen molar-refractivity contribution < 1.29 is 0 Å². The summed E-state index contributed by atoms with van der Waals surface area (Å²) in [7, 11) is 0. The normalized spacial score (nSPS) is 8.33. The number of nitrogens with one attached hydrogen (secondary N) is 1. The molecule has 0 aliphatic heterocycles. The first-order valence-electron chi connectivity index (χ1n) is 2.28. The molecule has 4 heteroatoms. The maximum atomic E-state index is 8.31. The van der Waals surface area contributed by atoms with Crippen molar-refractivity contribution in [2.24, 2.45) is 0 Å². The molecule has 1 rings (SSSR count). The minimum Gasteiger partial charge on any atom is -0.338 e. The van der Waals surface area contributed by atoms with Gasteiger partial charge in [-0.1, -0.05) is 12.2 Å². The van der Waals surface area contributed by atoms with E-state index in [2.05, 4.69) is 22.2 Å². The van der Waals surface area contributed by atoms with Gasteiger partial charge in [-0.2, -0.15) is 5.26 Å². The SMILES string of the molecule is N#Cc1cc(=S)nc[nH]1. The van der Waals surface area contributed by atoms with Crippen molar-refractivity contribution in [2.75, 3.05) is 0 Å². The first-order valence-corrected chi connectivity index (χ1v) is 2.68. The van der Waals surface area contributed by atoms with Crippen LogP contribution in [0.3, 0.4) is 0 Å². The van der Waals surface area contributed by atoms with Crippen LogP contribution in [0, 0.1) is 16.0 Å². The van der Waals surface area contributed by atoms with Crippen LogP contribution in [-0.4, -0.2) is 9.97 Å². The van der Waals surface area contributed by atoms with Crippen LogP contribution in [0.1, 0.15) is 5.69 Å². The van der Waals surface area contributed by atoms with Crippen molar-refractivity contribution in [1.82, 2.24) is 9.97 Å². The lowest BCUT2D eigenvalue weighted by Crippen LogP contribution is -1.82. The lowest BCUT2D eigenvalue weighted by Gasteiger charge is -1.83. The molecule has 0 aliphatic carbocycles. The fraction of sp³-hybridized carbons (Fsp3) is 0. The van der Waals surface area contributed by atoms with E-state index in [1.807, 2.05) is 6.07 Å². The van der Waals surface area contributed by atoms with E-state index in [0.717, 1.165) is 0 Å². The molecule has 0 radical (unpaired) electrons. The Bertz CT molecular complexity index is 296. The van der Waals surface area contributed by atoms with Crippen molar-refractivity contribution in [3.63, 3.8) is 0 Å². The average molecular weight is 137 g/mol. The summed E-state index contributed by atoms with van der Waals surface area (Å²) in [5, 5.41) is 8.31. The summed E-state index contributed by atoms with van der Waals surface area (Å²) in [6.45, 7) is 0. The highest BCUT2D eigenvalue weighted by Gasteiger charge is 1.84. The maximum Gasteiger partial charge on any atom is 0.130 e. The highest BCUT2D eigenvalue weighted by molar-refractivity contribution is 7.71. The van der Waals surface area contributed by atoms with E-state index >= 15 is 0 Å². The molecule has 0 saturated heterocycles. The van der Waals surface area contributed by atoms with Crippen molar-refractivity contribution in [3.05, 3.63) is 22.7 Å². The largest absolute Gasteiger partial charge is 0.338 e. The number of hydrogen-bond donors (Lipinski definition) is 1. The molecule has 9 heavy (non-hydrogen) atoms. The van der Waals surface area contributed by atoms with Gasteiger partial charge in [0.1, 0.15) is 16.4 Å². The summed E-state index contributed by atoms with van der Waals surface area (Å²) in [6, 6.07) is 3.41. The van der Waals surface area contributed by atoms with Gasteiger partial charge in [-0.15, -0.1) is 0 Å². The molecular weight excluding hydrogens is 134 g/mol. The molecular formula is C5H3N3S. The second-order valence-electron chi connectivity index (χ2n) is 1.41. The van der Waals surface area contributed by atoms with Gasteiger partial charge in [0.05, 0.1) is 6.33 Å². The number of aromatic amines is 1. The standard InChI is InChI=1S/C5H3N3S/c6-2-4-1-5(9)8-3-7-4/h1,3H,(H,7,8,9). The number of nitrogens with zero attached hydrogens (tertiary/aromatic N) is 2. The zero-order valence-electron chi connectivity index (χ0n) is 4.46. The van der Waals surface area contributed by atoms with Gasteiger partial charge in [0, 0.05) is 6.07 Å². The van der Waals surface area contributed by atoms with E-state index in [4.69, 9.17) is 5.26 Å². The molecule has 0 fully saturated rings. The third-order valence-corrected chi connectivity index (χ3v) is 1.02. The van der Waals surface area contributed by atoms with Crippen LogP contribution in [0.25, 0.3) is 0 Å². The van der Waals surface area contributed by atoms with Gasteiger partial charge in [-0.25, -0.2) is 4.98 Å². The molecule has 0 saturated carbocycles. The van der Waals surface area contributed by atoms with E-state index < -0.39 is 0 Å². The lowest BCUT2D eigenvalue weighted by atomic mass is 10.5. The lowest BCUT2D eigenvalue weighted by molar-refractivity contribution is 1.12. The third kappa shape index (κ3) is 1.34. The Morgan fingerprint density at radius 3 is 3.00 bits per heavy atom. The fourth-order valence-electron chi connectivity index (χ4n) is 0.432. The van der Waals surface area contributed by atoms with Crippen LogP contribution in [0.5, 0.6) is 0 Å². The monoisotopic (exact) mass is 137 g/mol. The van der Waals surface area contributed by atoms with Crippen LogP contribution in [0.15, 0.2) is 12.4 Å². The molecule has 1 N–H and O–H groups in total. The number of hydrogen-bond acceptors (Lipinski definition) is 3. The zero-order chi connectivity index (χ0) is 6.69. The summed E-state index contributed by atoms with van der Waals surface area (Å²) in [5.41, 5.74) is 0.440. The molecule has 0 unspecified atom stereocenters. The Hall–Kier alpha value is -1.21. The zero-order valence-corrected chi connectivity index (χ0v) is 5.27. The molecule has 0 amide bonds. The van der Waals surface area contributed by atoms with Crippen LogP contribution in [0.4, 0.5) is 0 Å². The first-order chi connectivity index (χ1) is 4.33. The van der Waals surface area contributed by atoms with Gasteiger partial charge in [0.2, 0.25) is 0 Å². The van der Waals surface area contributed by atoms with Crippen molar-refractivity contribution in [2.45, 2.75) is 0 Å². The molecule has 1 heterocycles. The number of H-pyrrole nitrogens is 1. The van der Waals surface area contributed by atoms with Crippen LogP contribution >= 0.6 is 12.2 Å². The molecule has 0 aliphatic rings. The van der Waals surface area contributed by atoms with Gasteiger partial charge in [-0.05, 0) is 0 Å². The maximum absolute atomic E-state index is 8.31. The average Bonchev–Trinajstić information content (AvgIpc) is 1.88. The molecule has 0 bridgehead atoms. The fourth-order valence-corrected chi connectivity index (χ4v) is 0.603. The Balaban J connectivity index is 3.28. The van der Waals surface area contributed by atoms with Gasteiger partial charge in [-0.3, -0.25) is 0 Å². The summed E-state index contributed by atoms with van der Waals surface area (Å²) >= 11 is 4.68. The molecule has 0 spiro atoms. The van der Waals surface area contributed by atoms with E-state index in [-0.39, 0.29) is 0 Å². The summed E-state index contributed by atoms with van der Waals surface area (Å²) in [6.07, 6.45) is 1.40. The molecule has 0 aromatic carbocycles. The summed E-state index contributed by atoms with van der Waals surface area (Å²) < 4.78 is 0.435. The smallest absolute Gasteiger partial charge is 0.130 e. The minimum atomic E-state index is 0.435.